The number of carboxylic acids is 2. The number of carboxylic acid groups (broad SMARTS) is 2. The number of ether oxygens (including phenoxy) is 1. The Kier molecular flexibility index (Phi) is 16.1. The van der Waals surface area contributed by atoms with Crippen LogP contribution >= 0.6 is 23.2 Å². The summed E-state index contributed by atoms with van der Waals surface area (Å²) in [7, 11) is 7.55. The third-order valence-electron chi connectivity index (χ3n) is 13.3. The number of aromatic carboxylic acids is 2. The first kappa shape index (κ1) is 55.3. The summed E-state index contributed by atoms with van der Waals surface area (Å²) < 4.78 is 20.0. The van der Waals surface area contributed by atoms with Crippen LogP contribution in [0.15, 0.2) is 129 Å². The maximum atomic E-state index is 13.9. The van der Waals surface area contributed by atoms with Crippen LogP contribution in [0.25, 0.3) is 66.8 Å². The zero-order chi connectivity index (χ0) is 57.1. The van der Waals surface area contributed by atoms with Crippen LogP contribution in [-0.2, 0) is 17.8 Å². The summed E-state index contributed by atoms with van der Waals surface area (Å²) in [5.41, 5.74) is 3.07. The van der Waals surface area contributed by atoms with Gasteiger partial charge in [-0.1, -0.05) is 41.3 Å². The molecule has 0 spiro atoms. The highest BCUT2D eigenvalue weighted by atomic mass is 35.5. The maximum absolute atomic E-state index is 13.9. The number of carbonyl (C=O) groups is 5. The predicted octanol–water partition coefficient (Wildman–Crippen LogP) is 9.22. The number of anilines is 1. The molecule has 0 radical (unpaired) electrons. The molecule has 404 valence electrons. The van der Waals surface area contributed by atoms with Crippen LogP contribution in [0, 0.1) is 11.8 Å². The fourth-order valence-electron chi connectivity index (χ4n) is 9.31. The zero-order valence-corrected chi connectivity index (χ0v) is 45.2. The molecule has 0 aromatic heterocycles. The van der Waals surface area contributed by atoms with Crippen molar-refractivity contribution in [3.63, 3.8) is 0 Å². The molecule has 2 aliphatic carbocycles. The van der Waals surface area contributed by atoms with Crippen LogP contribution in [0.2, 0.25) is 10.0 Å². The summed E-state index contributed by atoms with van der Waals surface area (Å²) in [4.78, 5) is 81.5. The molecule has 17 nitrogen and oxygen atoms in total. The first-order valence-corrected chi connectivity index (χ1v) is 25.5. The number of fused-ring (bicyclic) bond motifs is 4. The van der Waals surface area contributed by atoms with Gasteiger partial charge in [0.05, 0.1) is 51.5 Å². The molecule has 9 rings (SSSR count). The van der Waals surface area contributed by atoms with Crippen molar-refractivity contribution in [2.24, 2.45) is 0 Å². The van der Waals surface area contributed by atoms with Crippen LogP contribution in [0.3, 0.4) is 0 Å². The van der Waals surface area contributed by atoms with E-state index < -0.39 is 35.1 Å². The highest BCUT2D eigenvalue weighted by Crippen LogP contribution is 2.48. The summed E-state index contributed by atoms with van der Waals surface area (Å²) in [6.45, 7) is 1.85. The first-order chi connectivity index (χ1) is 38.3. The summed E-state index contributed by atoms with van der Waals surface area (Å²) in [6.07, 6.45) is 0. The number of halogens is 2. The molecule has 5 aromatic rings. The lowest BCUT2D eigenvalue weighted by atomic mass is 9.88. The summed E-state index contributed by atoms with van der Waals surface area (Å²) in [5, 5.41) is 42.0. The Bertz CT molecular complexity index is 4150. The van der Waals surface area contributed by atoms with Crippen LogP contribution in [0.5, 0.6) is 5.75 Å². The number of hydrogen-bond acceptors (Lipinski definition) is 11. The van der Waals surface area contributed by atoms with E-state index in [1.54, 1.807) is 19.1 Å². The molecular weight excluding hydrogens is 1070 g/mol. The molecule has 2 aliphatic heterocycles. The standard InChI is InChI=1S/C61H49Cl2N5O12/c1-6-7-23-78-24-22-64-58(72)34-12-16-38(60(74)75)43(25-34)51-39-19-15-37(69)28-50(39)80-56-42(51)20-21-47(70)45(56)31-66-57(71)33-10-8-32(9-11-33)30-65-59(73)44-29-46(62)53(54(55(44)63)61(76)77)52-40-17-13-35(67(2)3)26-48(40)79-49-27-36(68(4)5)14-18-41(49)52/h8-21,25-29H,22-24,30-31H2,1-5H3,(H5-,64,65,66,69,70,71,72,73,74,75,76,77)/p+1. The van der Waals surface area contributed by atoms with E-state index in [2.05, 4.69) is 27.8 Å². The van der Waals surface area contributed by atoms with Crippen molar-refractivity contribution >= 4 is 80.5 Å². The number of hydrogen-bond donors (Lipinski definition) is 6. The number of benzene rings is 7. The van der Waals surface area contributed by atoms with Crippen molar-refractivity contribution < 1.29 is 52.9 Å². The Morgan fingerprint density at radius 1 is 0.675 bits per heavy atom. The third kappa shape index (κ3) is 11.1. The molecule has 6 N–H and O–H groups in total. The minimum absolute atomic E-state index is 0.0324. The molecule has 19 heteroatoms. The van der Waals surface area contributed by atoms with Gasteiger partial charge in [0.1, 0.15) is 49.1 Å². The lowest BCUT2D eigenvalue weighted by Crippen LogP contribution is -2.27. The molecule has 0 saturated heterocycles. The summed E-state index contributed by atoms with van der Waals surface area (Å²) >= 11 is 13.9. The van der Waals surface area contributed by atoms with Gasteiger partial charge in [-0.2, -0.15) is 0 Å². The number of carbonyl (C=O) groups excluding carboxylic acids is 3. The van der Waals surface area contributed by atoms with E-state index in [0.29, 0.717) is 49.9 Å². The number of nitrogens with one attached hydrogen (secondary N) is 3. The number of aromatic hydroxyl groups is 1. The molecule has 80 heavy (non-hydrogen) atoms. The van der Waals surface area contributed by atoms with Gasteiger partial charge in [0.15, 0.2) is 5.43 Å². The minimum atomic E-state index is -1.41. The molecule has 3 amide bonds. The SMILES string of the molecule is CC#CCOCCNC(=O)c1ccc(C(=O)O)c(-c2c3ccc(=O)cc-3oc3c(CNC(=O)c4ccc(CNC(=O)c5cc(Cl)c(-c6c7ccc(=[N+](C)C)cc-7oc7cc(N(C)C)ccc67)c(C(=O)O)c5Cl)cc4)c(O)ccc23)c1. The van der Waals surface area contributed by atoms with Gasteiger partial charge in [0, 0.05) is 101 Å². The Hall–Kier alpha value is -9.47. The first-order valence-electron chi connectivity index (χ1n) is 24.8. The van der Waals surface area contributed by atoms with E-state index in [1.807, 2.05) is 74.1 Å². The lowest BCUT2D eigenvalue weighted by Gasteiger charge is -2.21. The average molecular weight is 1120 g/mol. The monoisotopic (exact) mass is 1110 g/mol. The molecule has 0 atom stereocenters. The molecule has 0 saturated carbocycles. The van der Waals surface area contributed by atoms with Crippen molar-refractivity contribution in [2.75, 3.05) is 52.8 Å². The topological polar surface area (TPSA) is 241 Å². The second kappa shape index (κ2) is 23.2. The minimum Gasteiger partial charge on any atom is -0.507 e. The molecule has 0 unspecified atom stereocenters. The Morgan fingerprint density at radius 3 is 2.08 bits per heavy atom. The Balaban J connectivity index is 0.959. The quantitative estimate of drug-likeness (QED) is 0.0229. The summed E-state index contributed by atoms with van der Waals surface area (Å²) in [6, 6.07) is 29.6. The molecule has 4 aliphatic rings. The number of rotatable bonds is 16. The number of phenolic OH excluding ortho intramolecular Hbond substituents is 1. The fourth-order valence-corrected chi connectivity index (χ4v) is 9.92. The van der Waals surface area contributed by atoms with Crippen LogP contribution < -0.4 is 36.2 Å². The smallest absolute Gasteiger partial charge is 0.337 e. The Morgan fingerprint density at radius 2 is 1.36 bits per heavy atom. The zero-order valence-electron chi connectivity index (χ0n) is 43.7. The molecule has 2 heterocycles. The predicted molar refractivity (Wildman–Crippen MR) is 305 cm³/mol. The van der Waals surface area contributed by atoms with Crippen molar-refractivity contribution in [3.8, 4) is 62.5 Å². The van der Waals surface area contributed by atoms with Crippen LogP contribution in [-0.4, -0.2) is 92.9 Å². The number of amides is 3. The molecule has 5 aromatic carbocycles. The van der Waals surface area contributed by atoms with Crippen molar-refractivity contribution in [1.82, 2.24) is 20.5 Å². The van der Waals surface area contributed by atoms with E-state index in [0.717, 1.165) is 11.0 Å². The van der Waals surface area contributed by atoms with Crippen molar-refractivity contribution in [3.05, 3.63) is 180 Å². The van der Waals surface area contributed by atoms with Gasteiger partial charge < -0.3 is 49.7 Å². The van der Waals surface area contributed by atoms with Crippen LogP contribution in [0.1, 0.15) is 69.8 Å². The summed E-state index contributed by atoms with van der Waals surface area (Å²) in [5.74, 6) is 1.23. The van der Waals surface area contributed by atoms with Gasteiger partial charge in [-0.3, -0.25) is 19.2 Å². The maximum Gasteiger partial charge on any atom is 0.337 e. The number of phenols is 1. The van der Waals surface area contributed by atoms with Gasteiger partial charge in [-0.15, -0.1) is 5.92 Å². The average Bonchev–Trinajstić information content (AvgIpc) is 3.64. The van der Waals surface area contributed by atoms with Crippen LogP contribution in [0.4, 0.5) is 5.69 Å². The second-order valence-electron chi connectivity index (χ2n) is 18.8. The fraction of sp³-hybridized carbons (Fsp3) is 0.164. The van der Waals surface area contributed by atoms with Gasteiger partial charge >= 0.3 is 11.9 Å². The highest BCUT2D eigenvalue weighted by Gasteiger charge is 2.31. The molecule has 0 bridgehead atoms. The van der Waals surface area contributed by atoms with E-state index >= 15 is 0 Å². The third-order valence-corrected chi connectivity index (χ3v) is 14.0. The second-order valence-corrected chi connectivity index (χ2v) is 19.6. The van der Waals surface area contributed by atoms with E-state index in [4.69, 9.17) is 36.8 Å². The molecular formula is C61H50Cl2N5O12+. The number of nitrogens with zero attached hydrogens (tertiary/aromatic N) is 2. The van der Waals surface area contributed by atoms with Gasteiger partial charge in [-0.25, -0.2) is 14.2 Å². The van der Waals surface area contributed by atoms with Gasteiger partial charge in [-0.05, 0) is 96.9 Å². The molecule has 0 fully saturated rings. The Labute approximate surface area is 466 Å². The van der Waals surface area contributed by atoms with Gasteiger partial charge in [0.2, 0.25) is 5.36 Å². The van der Waals surface area contributed by atoms with E-state index in [9.17, 15) is 44.1 Å². The van der Waals surface area contributed by atoms with Crippen molar-refractivity contribution in [1.29, 1.82) is 0 Å². The highest BCUT2D eigenvalue weighted by molar-refractivity contribution is 6.41. The normalized spacial score (nSPS) is 11.1. The van der Waals surface area contributed by atoms with Gasteiger partial charge in [0.25, 0.3) is 17.7 Å². The lowest BCUT2D eigenvalue weighted by molar-refractivity contribution is 0.0686. The van der Waals surface area contributed by atoms with Crippen molar-refractivity contribution in [2.45, 2.75) is 20.0 Å². The largest absolute Gasteiger partial charge is 0.507 e. The van der Waals surface area contributed by atoms with E-state index in [1.165, 1.54) is 66.7 Å². The van der Waals surface area contributed by atoms with E-state index in [-0.39, 0.29) is 104 Å².